The fourth-order valence-electron chi connectivity index (χ4n) is 3.17. The summed E-state index contributed by atoms with van der Waals surface area (Å²) >= 11 is 0. The summed E-state index contributed by atoms with van der Waals surface area (Å²) < 4.78 is 0. The van der Waals surface area contributed by atoms with Gasteiger partial charge in [0.05, 0.1) is 12.0 Å². The molecule has 3 heteroatoms. The average molecular weight is 289 g/mol. The van der Waals surface area contributed by atoms with Crippen LogP contribution in [0.15, 0.2) is 30.3 Å². The molecule has 3 unspecified atom stereocenters. The zero-order valence-electron chi connectivity index (χ0n) is 13.4. The van der Waals surface area contributed by atoms with Crippen molar-refractivity contribution in [2.24, 2.45) is 5.92 Å². The summed E-state index contributed by atoms with van der Waals surface area (Å²) in [6.45, 7) is 6.86. The largest absolute Gasteiger partial charge is 0.385 e. The Morgan fingerprint density at radius 3 is 2.62 bits per heavy atom. The van der Waals surface area contributed by atoms with E-state index in [-0.39, 0.29) is 18.4 Å². The van der Waals surface area contributed by atoms with Gasteiger partial charge in [0.1, 0.15) is 0 Å². The Kier molecular flexibility index (Phi) is 5.04. The Bertz CT molecular complexity index is 469. The first-order valence-electron chi connectivity index (χ1n) is 7.97. The second kappa shape index (κ2) is 6.61. The van der Waals surface area contributed by atoms with Gasteiger partial charge in [-0.3, -0.25) is 4.79 Å². The van der Waals surface area contributed by atoms with Crippen LogP contribution in [0.2, 0.25) is 0 Å². The molecule has 3 atom stereocenters. The first kappa shape index (κ1) is 16.0. The summed E-state index contributed by atoms with van der Waals surface area (Å²) in [5.74, 6) is 0.602. The molecule has 1 N–H and O–H groups in total. The number of likely N-dealkylation sites (tertiary alicyclic amines) is 1. The van der Waals surface area contributed by atoms with Gasteiger partial charge < -0.3 is 10.0 Å². The molecular formula is C18H27NO2. The van der Waals surface area contributed by atoms with Crippen LogP contribution in [-0.4, -0.2) is 28.5 Å². The summed E-state index contributed by atoms with van der Waals surface area (Å²) in [5.41, 5.74) is -0.304. The molecule has 0 saturated carbocycles. The molecule has 116 valence electrons. The Labute approximate surface area is 128 Å². The molecule has 1 heterocycles. The second-order valence-corrected chi connectivity index (χ2v) is 6.75. The highest BCUT2D eigenvalue weighted by Crippen LogP contribution is 2.28. The second-order valence-electron chi connectivity index (χ2n) is 6.75. The Morgan fingerprint density at radius 2 is 1.95 bits per heavy atom. The molecule has 1 amide bonds. The number of benzene rings is 1. The van der Waals surface area contributed by atoms with Crippen molar-refractivity contribution in [1.82, 2.24) is 4.90 Å². The maximum Gasteiger partial charge on any atom is 0.226 e. The van der Waals surface area contributed by atoms with Gasteiger partial charge in [-0.2, -0.15) is 0 Å². The van der Waals surface area contributed by atoms with Crippen LogP contribution in [0.4, 0.5) is 0 Å². The number of nitrogens with zero attached hydrogens (tertiary/aromatic N) is 1. The number of carbonyl (C=O) groups is 1. The van der Waals surface area contributed by atoms with E-state index in [1.807, 2.05) is 35.2 Å². The molecule has 0 radical (unpaired) electrons. The highest BCUT2D eigenvalue weighted by atomic mass is 16.3. The van der Waals surface area contributed by atoms with Crippen LogP contribution in [0.1, 0.15) is 52.0 Å². The molecule has 0 bridgehead atoms. The fourth-order valence-corrected chi connectivity index (χ4v) is 3.17. The number of hydrogen-bond acceptors (Lipinski definition) is 2. The summed E-state index contributed by atoms with van der Waals surface area (Å²) in [6.07, 6.45) is 3.57. The van der Waals surface area contributed by atoms with Gasteiger partial charge in [0.2, 0.25) is 5.91 Å². The number of rotatable bonds is 3. The predicted octanol–water partition coefficient (Wildman–Crippen LogP) is 3.32. The average Bonchev–Trinajstić information content (AvgIpc) is 2.61. The fraction of sp³-hybridized carbons (Fsp3) is 0.611. The molecule has 1 aliphatic heterocycles. The molecule has 2 rings (SSSR count). The van der Waals surface area contributed by atoms with Gasteiger partial charge in [0.25, 0.3) is 0 Å². The number of hydrogen-bond donors (Lipinski definition) is 1. The first-order chi connectivity index (χ1) is 9.90. The van der Waals surface area contributed by atoms with Crippen molar-refractivity contribution in [3.05, 3.63) is 35.9 Å². The van der Waals surface area contributed by atoms with E-state index in [1.165, 1.54) is 12.8 Å². The van der Waals surface area contributed by atoms with Crippen LogP contribution in [-0.2, 0) is 10.4 Å². The van der Waals surface area contributed by atoms with Gasteiger partial charge in [0, 0.05) is 12.6 Å². The van der Waals surface area contributed by atoms with E-state index in [4.69, 9.17) is 0 Å². The van der Waals surface area contributed by atoms with E-state index in [9.17, 15) is 9.90 Å². The lowest BCUT2D eigenvalue weighted by Crippen LogP contribution is -2.42. The molecule has 0 spiro atoms. The van der Waals surface area contributed by atoms with Crippen molar-refractivity contribution in [2.45, 2.75) is 58.1 Å². The standard InChI is InChI=1S/C18H27NO2/c1-14-8-7-9-15(2)19(13-14)17(20)12-18(3,21)16-10-5-4-6-11-16/h4-6,10-11,14-15,21H,7-9,12-13H2,1-3H3. The third kappa shape index (κ3) is 4.07. The minimum absolute atomic E-state index is 0.0603. The SMILES string of the molecule is CC1CCCC(C)N(C(=O)CC(C)(O)c2ccccc2)C1. The van der Waals surface area contributed by atoms with Gasteiger partial charge >= 0.3 is 0 Å². The maximum absolute atomic E-state index is 12.7. The van der Waals surface area contributed by atoms with Crippen molar-refractivity contribution in [2.75, 3.05) is 6.54 Å². The molecule has 0 aliphatic carbocycles. The normalized spacial score (nSPS) is 26.0. The predicted molar refractivity (Wildman–Crippen MR) is 84.8 cm³/mol. The minimum Gasteiger partial charge on any atom is -0.385 e. The Balaban J connectivity index is 2.09. The Morgan fingerprint density at radius 1 is 1.29 bits per heavy atom. The van der Waals surface area contributed by atoms with E-state index >= 15 is 0 Å². The van der Waals surface area contributed by atoms with Crippen molar-refractivity contribution in [3.8, 4) is 0 Å². The zero-order chi connectivity index (χ0) is 15.5. The molecule has 1 aromatic carbocycles. The lowest BCUT2D eigenvalue weighted by Gasteiger charge is -2.32. The molecule has 0 aromatic heterocycles. The molecule has 21 heavy (non-hydrogen) atoms. The summed E-state index contributed by atoms with van der Waals surface area (Å²) in [6, 6.07) is 9.73. The zero-order valence-corrected chi connectivity index (χ0v) is 13.4. The first-order valence-corrected chi connectivity index (χ1v) is 7.97. The maximum atomic E-state index is 12.7. The topological polar surface area (TPSA) is 40.5 Å². The molecular weight excluding hydrogens is 262 g/mol. The molecule has 1 fully saturated rings. The monoisotopic (exact) mass is 289 g/mol. The summed E-state index contributed by atoms with van der Waals surface area (Å²) in [4.78, 5) is 14.6. The van der Waals surface area contributed by atoms with Crippen molar-refractivity contribution >= 4 is 5.91 Å². The highest BCUT2D eigenvalue weighted by molar-refractivity contribution is 5.78. The minimum atomic E-state index is -1.10. The lowest BCUT2D eigenvalue weighted by atomic mass is 9.91. The molecule has 3 nitrogen and oxygen atoms in total. The third-order valence-electron chi connectivity index (χ3n) is 4.57. The van der Waals surface area contributed by atoms with Crippen molar-refractivity contribution in [1.29, 1.82) is 0 Å². The molecule has 1 saturated heterocycles. The van der Waals surface area contributed by atoms with E-state index in [0.717, 1.165) is 18.5 Å². The molecule has 1 aromatic rings. The number of aliphatic hydroxyl groups is 1. The van der Waals surface area contributed by atoms with Crippen molar-refractivity contribution < 1.29 is 9.90 Å². The van der Waals surface area contributed by atoms with Crippen LogP contribution in [0.5, 0.6) is 0 Å². The molecule has 1 aliphatic rings. The quantitative estimate of drug-likeness (QED) is 0.927. The van der Waals surface area contributed by atoms with E-state index in [1.54, 1.807) is 6.92 Å². The van der Waals surface area contributed by atoms with Gasteiger partial charge in [-0.05, 0) is 38.2 Å². The van der Waals surface area contributed by atoms with Gasteiger partial charge in [0.15, 0.2) is 0 Å². The van der Waals surface area contributed by atoms with Gasteiger partial charge in [-0.15, -0.1) is 0 Å². The van der Waals surface area contributed by atoms with Crippen molar-refractivity contribution in [3.63, 3.8) is 0 Å². The van der Waals surface area contributed by atoms with E-state index < -0.39 is 5.60 Å². The Hall–Kier alpha value is -1.35. The van der Waals surface area contributed by atoms with Crippen LogP contribution in [0, 0.1) is 5.92 Å². The van der Waals surface area contributed by atoms with E-state index in [2.05, 4.69) is 13.8 Å². The van der Waals surface area contributed by atoms with E-state index in [0.29, 0.717) is 5.92 Å². The van der Waals surface area contributed by atoms with Crippen LogP contribution in [0.3, 0.4) is 0 Å². The number of amides is 1. The van der Waals surface area contributed by atoms with Crippen LogP contribution < -0.4 is 0 Å². The third-order valence-corrected chi connectivity index (χ3v) is 4.57. The van der Waals surface area contributed by atoms with Crippen LogP contribution in [0.25, 0.3) is 0 Å². The van der Waals surface area contributed by atoms with Gasteiger partial charge in [-0.1, -0.05) is 43.7 Å². The smallest absolute Gasteiger partial charge is 0.226 e. The van der Waals surface area contributed by atoms with Gasteiger partial charge in [-0.25, -0.2) is 0 Å². The van der Waals surface area contributed by atoms with Crippen LogP contribution >= 0.6 is 0 Å². The summed E-state index contributed by atoms with van der Waals surface area (Å²) in [7, 11) is 0. The lowest BCUT2D eigenvalue weighted by molar-refractivity contribution is -0.138. The highest BCUT2D eigenvalue weighted by Gasteiger charge is 2.32. The summed E-state index contributed by atoms with van der Waals surface area (Å²) in [5, 5.41) is 10.7. The number of carbonyl (C=O) groups excluding carboxylic acids is 1.